The molecule has 3 amide bonds. The number of nitrogens with zero attached hydrogens (tertiary/aromatic N) is 2. The van der Waals surface area contributed by atoms with E-state index < -0.39 is 36.1 Å². The van der Waals surface area contributed by atoms with E-state index in [1.807, 2.05) is 30.3 Å². The normalized spacial score (nSPS) is 16.3. The van der Waals surface area contributed by atoms with E-state index in [9.17, 15) is 19.6 Å². The zero-order chi connectivity index (χ0) is 20.6. The van der Waals surface area contributed by atoms with Gasteiger partial charge in [0.15, 0.2) is 6.61 Å². The van der Waals surface area contributed by atoms with Crippen LogP contribution in [-0.4, -0.2) is 48.0 Å². The van der Waals surface area contributed by atoms with Gasteiger partial charge in [-0.2, -0.15) is 5.26 Å². The fourth-order valence-corrected chi connectivity index (χ4v) is 3.44. The summed E-state index contributed by atoms with van der Waals surface area (Å²) >= 11 is 0. The highest BCUT2D eigenvalue weighted by Gasteiger charge is 2.39. The first-order valence-corrected chi connectivity index (χ1v) is 9.32. The molecule has 1 aromatic rings. The molecule has 1 unspecified atom stereocenters. The van der Waals surface area contributed by atoms with Crippen molar-refractivity contribution in [3.05, 3.63) is 35.9 Å². The van der Waals surface area contributed by atoms with E-state index in [1.165, 1.54) is 4.90 Å². The van der Waals surface area contributed by atoms with Crippen molar-refractivity contribution in [2.75, 3.05) is 13.7 Å². The molecule has 1 atom stereocenters. The van der Waals surface area contributed by atoms with Crippen LogP contribution in [-0.2, 0) is 20.7 Å². The summed E-state index contributed by atoms with van der Waals surface area (Å²) in [5, 5.41) is 11.9. The molecule has 150 valence electrons. The van der Waals surface area contributed by atoms with Gasteiger partial charge in [0.25, 0.3) is 5.91 Å². The Bertz CT molecular complexity index is 738. The minimum Gasteiger partial charge on any atom is -0.454 e. The third-order valence-electron chi connectivity index (χ3n) is 5.13. The van der Waals surface area contributed by atoms with Crippen LogP contribution in [0, 0.1) is 11.3 Å². The van der Waals surface area contributed by atoms with Gasteiger partial charge in [0.1, 0.15) is 11.6 Å². The van der Waals surface area contributed by atoms with Crippen molar-refractivity contribution in [2.24, 2.45) is 5.73 Å². The van der Waals surface area contributed by atoms with Crippen molar-refractivity contribution >= 4 is 17.9 Å². The van der Waals surface area contributed by atoms with Gasteiger partial charge in [0.05, 0.1) is 6.07 Å². The van der Waals surface area contributed by atoms with Crippen LogP contribution in [0.5, 0.6) is 0 Å². The Kier molecular flexibility index (Phi) is 7.38. The fourth-order valence-electron chi connectivity index (χ4n) is 3.44. The first kappa shape index (κ1) is 21.2. The van der Waals surface area contributed by atoms with Gasteiger partial charge >= 0.3 is 12.0 Å². The quantitative estimate of drug-likeness (QED) is 0.687. The smallest absolute Gasteiger partial charge is 0.329 e. The summed E-state index contributed by atoms with van der Waals surface area (Å²) in [6, 6.07) is 9.48. The molecule has 0 saturated heterocycles. The summed E-state index contributed by atoms with van der Waals surface area (Å²) in [4.78, 5) is 37.5. The number of ether oxygens (including phenoxy) is 1. The minimum atomic E-state index is -1.00. The maximum absolute atomic E-state index is 12.5. The van der Waals surface area contributed by atoms with Crippen LogP contribution in [0.3, 0.4) is 0 Å². The molecule has 8 nitrogen and oxygen atoms in total. The molecule has 2 rings (SSSR count). The maximum Gasteiger partial charge on any atom is 0.329 e. The molecule has 0 aliphatic heterocycles. The lowest BCUT2D eigenvalue weighted by atomic mass is 9.81. The molecule has 1 aliphatic rings. The molecule has 0 aromatic heterocycles. The summed E-state index contributed by atoms with van der Waals surface area (Å²) < 4.78 is 5.13. The van der Waals surface area contributed by atoms with Gasteiger partial charge in [-0.15, -0.1) is 0 Å². The number of likely N-dealkylation sites (N-methyl/N-ethyl adjacent to an activating group) is 1. The number of benzene rings is 1. The maximum atomic E-state index is 12.5. The standard InChI is InChI=1S/C20H26N4O4/c1-24(20(14-21)10-6-3-7-11-20)17(25)13-28-18(26)16(23-19(22)27)12-15-8-4-2-5-9-15/h2,4-5,8-9,16H,3,6-7,10-13H2,1H3,(H3,22,23,27). The second-order valence-corrected chi connectivity index (χ2v) is 7.02. The zero-order valence-electron chi connectivity index (χ0n) is 16.0. The lowest BCUT2D eigenvalue weighted by molar-refractivity contribution is -0.155. The third-order valence-corrected chi connectivity index (χ3v) is 5.13. The predicted octanol–water partition coefficient (Wildman–Crippen LogP) is 1.49. The van der Waals surface area contributed by atoms with Crippen LogP contribution in [0.4, 0.5) is 4.79 Å². The zero-order valence-corrected chi connectivity index (χ0v) is 16.0. The Morgan fingerprint density at radius 3 is 2.46 bits per heavy atom. The van der Waals surface area contributed by atoms with Crippen LogP contribution >= 0.6 is 0 Å². The third kappa shape index (κ3) is 5.46. The number of hydrogen-bond donors (Lipinski definition) is 2. The highest BCUT2D eigenvalue weighted by atomic mass is 16.5. The number of hydrogen-bond acceptors (Lipinski definition) is 5. The van der Waals surface area contributed by atoms with Gasteiger partial charge in [0.2, 0.25) is 0 Å². The molecular formula is C20H26N4O4. The van der Waals surface area contributed by atoms with Gasteiger partial charge in [0, 0.05) is 13.5 Å². The number of urea groups is 1. The second kappa shape index (κ2) is 9.74. The lowest BCUT2D eigenvalue weighted by Gasteiger charge is -2.38. The minimum absolute atomic E-state index is 0.189. The number of carbonyl (C=O) groups excluding carboxylic acids is 3. The van der Waals surface area contributed by atoms with Gasteiger partial charge in [-0.1, -0.05) is 49.6 Å². The van der Waals surface area contributed by atoms with Gasteiger partial charge in [-0.25, -0.2) is 9.59 Å². The number of esters is 1. The largest absolute Gasteiger partial charge is 0.454 e. The van der Waals surface area contributed by atoms with Crippen LogP contribution in [0.25, 0.3) is 0 Å². The van der Waals surface area contributed by atoms with Crippen LogP contribution in [0.15, 0.2) is 30.3 Å². The highest BCUT2D eigenvalue weighted by Crippen LogP contribution is 2.32. The van der Waals surface area contributed by atoms with E-state index in [0.717, 1.165) is 24.8 Å². The molecule has 8 heteroatoms. The molecular weight excluding hydrogens is 360 g/mol. The summed E-state index contributed by atoms with van der Waals surface area (Å²) in [6.45, 7) is -0.496. The Morgan fingerprint density at radius 2 is 1.89 bits per heavy atom. The predicted molar refractivity (Wildman–Crippen MR) is 102 cm³/mol. The van der Waals surface area contributed by atoms with E-state index >= 15 is 0 Å². The van der Waals surface area contributed by atoms with Crippen LogP contribution in [0.1, 0.15) is 37.7 Å². The second-order valence-electron chi connectivity index (χ2n) is 7.02. The average Bonchev–Trinajstić information content (AvgIpc) is 2.71. The lowest BCUT2D eigenvalue weighted by Crippen LogP contribution is -2.51. The molecule has 1 aromatic carbocycles. The Labute approximate surface area is 164 Å². The molecule has 0 heterocycles. The van der Waals surface area contributed by atoms with Crippen molar-refractivity contribution in [3.63, 3.8) is 0 Å². The first-order chi connectivity index (χ1) is 13.4. The number of carbonyl (C=O) groups is 3. The molecule has 0 radical (unpaired) electrons. The summed E-state index contributed by atoms with van der Waals surface area (Å²) in [5.74, 6) is -1.20. The SMILES string of the molecule is CN(C(=O)COC(=O)C(Cc1ccccc1)NC(N)=O)C1(C#N)CCCCC1. The van der Waals surface area contributed by atoms with Gasteiger partial charge in [-0.05, 0) is 18.4 Å². The van der Waals surface area contributed by atoms with E-state index in [0.29, 0.717) is 12.8 Å². The topological polar surface area (TPSA) is 126 Å². The van der Waals surface area contributed by atoms with Crippen molar-refractivity contribution < 1.29 is 19.1 Å². The Balaban J connectivity index is 1.97. The molecule has 28 heavy (non-hydrogen) atoms. The summed E-state index contributed by atoms with van der Waals surface area (Å²) in [5.41, 5.74) is 5.11. The number of nitriles is 1. The molecule has 1 aliphatic carbocycles. The van der Waals surface area contributed by atoms with Crippen molar-refractivity contribution in [1.29, 1.82) is 5.26 Å². The van der Waals surface area contributed by atoms with Gasteiger partial charge < -0.3 is 20.7 Å². The van der Waals surface area contributed by atoms with E-state index in [2.05, 4.69) is 11.4 Å². The highest BCUT2D eigenvalue weighted by molar-refractivity contribution is 5.86. The molecule has 0 spiro atoms. The van der Waals surface area contributed by atoms with Crippen LogP contribution < -0.4 is 11.1 Å². The van der Waals surface area contributed by atoms with Crippen molar-refractivity contribution in [2.45, 2.75) is 50.1 Å². The van der Waals surface area contributed by atoms with E-state index in [4.69, 9.17) is 10.5 Å². The number of primary amides is 1. The summed E-state index contributed by atoms with van der Waals surface area (Å²) in [7, 11) is 1.56. The fraction of sp³-hybridized carbons (Fsp3) is 0.500. The van der Waals surface area contributed by atoms with E-state index in [1.54, 1.807) is 7.05 Å². The van der Waals surface area contributed by atoms with Gasteiger partial charge in [-0.3, -0.25) is 4.79 Å². The Hall–Kier alpha value is -3.08. The molecule has 1 saturated carbocycles. The van der Waals surface area contributed by atoms with E-state index in [-0.39, 0.29) is 6.42 Å². The van der Waals surface area contributed by atoms with Crippen molar-refractivity contribution in [1.82, 2.24) is 10.2 Å². The number of nitrogens with two attached hydrogens (primary N) is 1. The Morgan fingerprint density at radius 1 is 1.25 bits per heavy atom. The molecule has 0 bridgehead atoms. The average molecular weight is 386 g/mol. The number of rotatable bonds is 7. The number of nitrogens with one attached hydrogen (secondary N) is 1. The number of amides is 3. The first-order valence-electron chi connectivity index (χ1n) is 9.32. The molecule has 3 N–H and O–H groups in total. The monoisotopic (exact) mass is 386 g/mol. The van der Waals surface area contributed by atoms with Crippen molar-refractivity contribution in [3.8, 4) is 6.07 Å². The summed E-state index contributed by atoms with van der Waals surface area (Å²) in [6.07, 6.45) is 4.22. The van der Waals surface area contributed by atoms with Crippen LogP contribution in [0.2, 0.25) is 0 Å². The molecule has 1 fully saturated rings.